The van der Waals surface area contributed by atoms with Crippen LogP contribution < -0.4 is 0 Å². The topological polar surface area (TPSA) is 23.0 Å². The zero-order valence-corrected chi connectivity index (χ0v) is 78.3. The summed E-state index contributed by atoms with van der Waals surface area (Å²) >= 11 is 0. The van der Waals surface area contributed by atoms with Crippen LogP contribution in [0.25, 0.3) is 276 Å². The van der Waals surface area contributed by atoms with Crippen LogP contribution in [0.3, 0.4) is 0 Å². The predicted octanol–water partition coefficient (Wildman–Crippen LogP) is 37.8. The first-order chi connectivity index (χ1) is 69.4. The number of aromatic nitrogens is 2. The molecular weight excluding hydrogens is 1700 g/mol. The maximum Gasteiger partial charge on any atom is 0.135 e. The van der Waals surface area contributed by atoms with Gasteiger partial charge in [0.15, 0.2) is 0 Å². The molecule has 0 N–H and O–H groups in total. The molecular formula is C138H90N2O. The van der Waals surface area contributed by atoms with Gasteiger partial charge in [-0.2, -0.15) is 0 Å². The highest BCUT2D eigenvalue weighted by molar-refractivity contribution is 6.23. The van der Waals surface area contributed by atoms with Crippen molar-refractivity contribution in [3.05, 3.63) is 495 Å². The zero-order valence-electron chi connectivity index (χ0n) is 78.3. The number of benzene rings is 23. The number of nitrogens with zero attached hydrogens (tertiary/aromatic N) is 2. The number of fused-ring (bicyclic) bond motifs is 24. The van der Waals surface area contributed by atoms with Gasteiger partial charge >= 0.3 is 0 Å². The summed E-state index contributed by atoms with van der Waals surface area (Å²) < 4.78 is 10.8. The van der Waals surface area contributed by atoms with E-state index in [0.717, 1.165) is 21.9 Å². The van der Waals surface area contributed by atoms with Crippen LogP contribution in [0.4, 0.5) is 0 Å². The summed E-state index contributed by atoms with van der Waals surface area (Å²) in [7, 11) is 0. The second-order valence-electron chi connectivity index (χ2n) is 39.9. The molecule has 0 radical (unpaired) electrons. The van der Waals surface area contributed by atoms with Crippen LogP contribution in [-0.4, -0.2) is 9.13 Å². The molecule has 0 aliphatic heterocycles. The van der Waals surface area contributed by atoms with E-state index in [4.69, 9.17) is 4.42 Å². The Kier molecular flexibility index (Phi) is 17.6. The molecule has 26 aromatic rings. The first-order valence-corrected chi connectivity index (χ1v) is 49.3. The molecule has 31 rings (SSSR count). The minimum atomic E-state index is -0.0599. The van der Waals surface area contributed by atoms with Crippen molar-refractivity contribution < 1.29 is 4.42 Å². The number of para-hydroxylation sites is 5. The molecule has 23 aromatic carbocycles. The minimum absolute atomic E-state index is 0.0599. The highest BCUT2D eigenvalue weighted by Crippen LogP contribution is 2.58. The van der Waals surface area contributed by atoms with Crippen molar-refractivity contribution in [3.63, 3.8) is 0 Å². The molecule has 5 aliphatic carbocycles. The fourth-order valence-corrected chi connectivity index (χ4v) is 25.1. The lowest BCUT2D eigenvalue weighted by atomic mass is 9.81. The third kappa shape index (κ3) is 12.2. The molecule has 0 spiro atoms. The molecule has 0 fully saturated rings. The third-order valence-corrected chi connectivity index (χ3v) is 31.8. The molecule has 3 nitrogen and oxygen atoms in total. The summed E-state index contributed by atoms with van der Waals surface area (Å²) in [4.78, 5) is 0. The van der Waals surface area contributed by atoms with Gasteiger partial charge in [0.1, 0.15) is 11.2 Å². The van der Waals surface area contributed by atoms with Gasteiger partial charge in [-0.1, -0.05) is 398 Å². The molecule has 3 heteroatoms. The van der Waals surface area contributed by atoms with Gasteiger partial charge in [-0.15, -0.1) is 0 Å². The molecule has 0 saturated carbocycles. The van der Waals surface area contributed by atoms with E-state index in [9.17, 15) is 0 Å². The molecule has 3 heterocycles. The summed E-state index contributed by atoms with van der Waals surface area (Å²) in [6, 6.07) is 175. The number of hydrogen-bond donors (Lipinski definition) is 0. The highest BCUT2D eigenvalue weighted by Gasteiger charge is 2.38. The van der Waals surface area contributed by atoms with E-state index < -0.39 is 0 Å². The Morgan fingerprint density at radius 2 is 0.447 bits per heavy atom. The molecule has 0 saturated heterocycles. The van der Waals surface area contributed by atoms with Crippen LogP contribution in [0.2, 0.25) is 0 Å². The summed E-state index contributed by atoms with van der Waals surface area (Å²) in [5.41, 5.74) is 53.3. The van der Waals surface area contributed by atoms with Crippen molar-refractivity contribution >= 4 is 97.9 Å². The first-order valence-electron chi connectivity index (χ1n) is 49.3. The second kappa shape index (κ2) is 30.9. The van der Waals surface area contributed by atoms with E-state index in [1.807, 2.05) is 12.1 Å². The van der Waals surface area contributed by atoms with Crippen molar-refractivity contribution in [2.45, 2.75) is 38.5 Å². The zero-order chi connectivity index (χ0) is 93.2. The molecule has 0 unspecified atom stereocenters. The Balaban J connectivity index is 0.000000104. The lowest BCUT2D eigenvalue weighted by Crippen LogP contribution is -2.15. The van der Waals surface area contributed by atoms with E-state index in [1.54, 1.807) is 0 Å². The fourth-order valence-electron chi connectivity index (χ4n) is 25.1. The summed E-state index contributed by atoms with van der Waals surface area (Å²) in [5.74, 6) is 0. The minimum Gasteiger partial charge on any atom is -0.456 e. The molecule has 141 heavy (non-hydrogen) atoms. The lowest BCUT2D eigenvalue weighted by molar-refractivity contribution is 0.660. The van der Waals surface area contributed by atoms with Gasteiger partial charge in [0.05, 0.1) is 22.1 Å². The Hall–Kier alpha value is -17.8. The average molecular weight is 1790 g/mol. The van der Waals surface area contributed by atoms with Crippen LogP contribution in [0, 0.1) is 0 Å². The van der Waals surface area contributed by atoms with Gasteiger partial charge in [0.2, 0.25) is 0 Å². The average Bonchev–Trinajstić information content (AvgIpc) is 1.56. The fraction of sp³-hybridized carbons (Fsp3) is 0.0435. The molecule has 658 valence electrons. The van der Waals surface area contributed by atoms with E-state index in [1.165, 1.54) is 276 Å². The molecule has 0 atom stereocenters. The third-order valence-electron chi connectivity index (χ3n) is 31.8. The maximum atomic E-state index is 6.01. The first kappa shape index (κ1) is 80.5. The van der Waals surface area contributed by atoms with Gasteiger partial charge in [0, 0.05) is 54.5 Å². The quantitative estimate of drug-likeness (QED) is 0.141. The van der Waals surface area contributed by atoms with Crippen molar-refractivity contribution in [2.24, 2.45) is 0 Å². The van der Waals surface area contributed by atoms with E-state index in [2.05, 4.69) is 498 Å². The van der Waals surface area contributed by atoms with Crippen LogP contribution >= 0.6 is 0 Å². The second-order valence-corrected chi connectivity index (χ2v) is 39.9. The largest absolute Gasteiger partial charge is 0.456 e. The van der Waals surface area contributed by atoms with Crippen molar-refractivity contribution in [3.8, 4) is 178 Å². The van der Waals surface area contributed by atoms with E-state index in [-0.39, 0.29) is 10.8 Å². The summed E-state index contributed by atoms with van der Waals surface area (Å²) in [6.45, 7) is 9.49. The lowest BCUT2D eigenvalue weighted by Gasteiger charge is -2.23. The van der Waals surface area contributed by atoms with Gasteiger partial charge < -0.3 is 13.6 Å². The Morgan fingerprint density at radius 1 is 0.149 bits per heavy atom. The van der Waals surface area contributed by atoms with Crippen LogP contribution in [0.1, 0.15) is 49.9 Å². The SMILES string of the molecule is CC1(C)c2ccccc2-c2ccc(-c3cc(-c4ccc5c(c4)C(C)(C)c4ccccc4-5)cc(-c4ccc5c6c(cccc46)-c4ccccc4-5)c3)cc21.c1cc(-c2ccc3c(c2)-c2ccc(-c4ccc(-n5c6ccccc6c6ccccc65)cc4)c4cccc-3c24)cc(-n2c3ccccc3c3ccccc32)c1.c1ccc2c(c1)-c1cccc3c(-c4ccc(-c5ccc6oc7ccccc7c6c5)cc4)ccc-2c13. The van der Waals surface area contributed by atoms with Gasteiger partial charge in [-0.3, -0.25) is 0 Å². The normalized spacial score (nSPS) is 13.1. The van der Waals surface area contributed by atoms with Crippen LogP contribution in [-0.2, 0) is 10.8 Å². The number of rotatable bonds is 9. The van der Waals surface area contributed by atoms with Crippen LogP contribution in [0.5, 0.6) is 0 Å². The smallest absolute Gasteiger partial charge is 0.135 e. The van der Waals surface area contributed by atoms with Gasteiger partial charge in [0.25, 0.3) is 0 Å². The standard InChI is InChI=1S/C52H32N2.C52H38.C34H20O/c1-5-19-48-40(13-1)41-14-2-6-20-49(41)53(48)36-26-23-33(24-27-36)38-29-30-46-47-32-35(25-28-39(47)45-18-10-17-44(38)52(45)46)34-11-9-12-37(31-34)54-50-21-7-3-15-42(50)43-16-4-8-22-51(43)54;1-51(2)46-18-9-7-14-39(46)41-22-20-31(29-48(41)51)33-26-34(32-21-23-42-40-15-8-10-19-47(40)52(3,4)49(42)30-32)28-35(27-33)36-24-25-45-38-13-6-5-12-37(38)44-17-11-16-43(36)50(44)45;1-2-7-26-25(6-1)29-10-5-9-28-24(17-18-30(26)34(28)29)22-14-12-21(13-15-22)23-16-19-33-31(20-23)27-8-3-4-11-32(27)35-33/h1-32H;5-30H,1-4H3;1-20H. The van der Waals surface area contributed by atoms with Crippen molar-refractivity contribution in [2.75, 3.05) is 0 Å². The molecule has 5 aliphatic rings. The highest BCUT2D eigenvalue weighted by atomic mass is 16.3. The molecule has 0 bridgehead atoms. The maximum absolute atomic E-state index is 6.01. The Labute approximate surface area is 817 Å². The summed E-state index contributed by atoms with van der Waals surface area (Å²) in [6.07, 6.45) is 0. The number of furan rings is 1. The predicted molar refractivity (Wildman–Crippen MR) is 594 cm³/mol. The summed E-state index contributed by atoms with van der Waals surface area (Å²) in [5, 5.41) is 15.4. The van der Waals surface area contributed by atoms with Crippen molar-refractivity contribution in [1.82, 2.24) is 9.13 Å². The van der Waals surface area contributed by atoms with E-state index >= 15 is 0 Å². The van der Waals surface area contributed by atoms with Crippen LogP contribution in [0.15, 0.2) is 478 Å². The van der Waals surface area contributed by atoms with Gasteiger partial charge in [-0.05, 0) is 325 Å². The monoisotopic (exact) mass is 1790 g/mol. The van der Waals surface area contributed by atoms with Gasteiger partial charge in [-0.25, -0.2) is 0 Å². The van der Waals surface area contributed by atoms with Crippen molar-refractivity contribution in [1.29, 1.82) is 0 Å². The molecule has 0 amide bonds. The Bertz CT molecular complexity index is 9580. The Morgan fingerprint density at radius 3 is 0.936 bits per heavy atom. The van der Waals surface area contributed by atoms with E-state index in [0.29, 0.717) is 0 Å². The number of hydrogen-bond acceptors (Lipinski definition) is 1. The molecule has 3 aromatic heterocycles.